The Morgan fingerprint density at radius 3 is 0.750 bits per heavy atom. The molecule has 3 nitrogen and oxygen atoms in total. The molecule has 0 rings (SSSR count). The lowest BCUT2D eigenvalue weighted by Crippen LogP contribution is -2.10. The normalized spacial score (nSPS) is 11.4. The minimum absolute atomic E-state index is 0.692. The van der Waals surface area contributed by atoms with Gasteiger partial charge in [-0.15, -0.1) is 0 Å². The van der Waals surface area contributed by atoms with E-state index in [4.69, 9.17) is 14.2 Å². The molecule has 0 N–H and O–H groups in total. The van der Waals surface area contributed by atoms with Crippen molar-refractivity contribution in [2.45, 2.75) is 149 Å². The molecule has 0 heterocycles. The van der Waals surface area contributed by atoms with Crippen LogP contribution in [0.25, 0.3) is 0 Å². The third kappa shape index (κ3) is 29.9. The molecule has 194 valence electrons. The highest BCUT2D eigenvalue weighted by atomic mass is 16.5. The summed E-state index contributed by atoms with van der Waals surface area (Å²) in [6.45, 7) is 9.12. The molecule has 0 amide bonds. The molecule has 32 heavy (non-hydrogen) atoms. The largest absolute Gasteiger partial charge is 0.379 e. The third-order valence-electron chi connectivity index (χ3n) is 6.28. The lowest BCUT2D eigenvalue weighted by Gasteiger charge is -2.07. The first-order valence-corrected chi connectivity index (χ1v) is 14.6. The molecule has 0 aliphatic carbocycles. The highest BCUT2D eigenvalue weighted by Gasteiger charge is 1.96. The zero-order valence-corrected chi connectivity index (χ0v) is 22.3. The Hall–Kier alpha value is -0.120. The summed E-state index contributed by atoms with van der Waals surface area (Å²) in [6, 6.07) is 0. The molecule has 3 heteroatoms. The predicted octanol–water partition coefficient (Wildman–Crippen LogP) is 9.27. The first kappa shape index (κ1) is 31.9. The van der Waals surface area contributed by atoms with Crippen molar-refractivity contribution in [2.24, 2.45) is 0 Å². The van der Waals surface area contributed by atoms with Crippen LogP contribution in [0.2, 0.25) is 0 Å². The standard InChI is InChI=1S/C29H60O3/c1-3-5-7-9-10-11-12-13-14-15-16-17-18-19-21-23-25-31-27-29-32-28-26-30-24-22-20-8-6-4-2/h3-29H2,1-2H3. The van der Waals surface area contributed by atoms with Crippen LogP contribution in [-0.4, -0.2) is 39.6 Å². The van der Waals surface area contributed by atoms with Gasteiger partial charge >= 0.3 is 0 Å². The summed E-state index contributed by atoms with van der Waals surface area (Å²) in [5.74, 6) is 0. The van der Waals surface area contributed by atoms with E-state index >= 15 is 0 Å². The number of hydrogen-bond donors (Lipinski definition) is 0. The van der Waals surface area contributed by atoms with E-state index in [-0.39, 0.29) is 0 Å². The zero-order valence-electron chi connectivity index (χ0n) is 22.3. The summed E-state index contributed by atoms with van der Waals surface area (Å²) in [5, 5.41) is 0. The summed E-state index contributed by atoms with van der Waals surface area (Å²) in [4.78, 5) is 0. The molecule has 0 aliphatic heterocycles. The van der Waals surface area contributed by atoms with Crippen LogP contribution in [0.4, 0.5) is 0 Å². The lowest BCUT2D eigenvalue weighted by atomic mass is 10.0. The Balaban J connectivity index is 2.98. The van der Waals surface area contributed by atoms with E-state index in [1.807, 2.05) is 0 Å². The van der Waals surface area contributed by atoms with Crippen LogP contribution in [-0.2, 0) is 14.2 Å². The molecular formula is C29H60O3. The molecule has 0 aromatic rings. The lowest BCUT2D eigenvalue weighted by molar-refractivity contribution is 0.0132. The van der Waals surface area contributed by atoms with Gasteiger partial charge in [-0.05, 0) is 12.8 Å². The van der Waals surface area contributed by atoms with Crippen LogP contribution in [0, 0.1) is 0 Å². The van der Waals surface area contributed by atoms with Crippen LogP contribution in [0.5, 0.6) is 0 Å². The van der Waals surface area contributed by atoms with E-state index in [1.54, 1.807) is 0 Å². The minimum atomic E-state index is 0.692. The van der Waals surface area contributed by atoms with E-state index in [2.05, 4.69) is 13.8 Å². The topological polar surface area (TPSA) is 27.7 Å². The van der Waals surface area contributed by atoms with Gasteiger partial charge in [-0.1, -0.05) is 136 Å². The van der Waals surface area contributed by atoms with Gasteiger partial charge in [0, 0.05) is 13.2 Å². The van der Waals surface area contributed by atoms with Gasteiger partial charge in [0.05, 0.1) is 26.4 Å². The zero-order chi connectivity index (χ0) is 23.2. The number of hydrogen-bond acceptors (Lipinski definition) is 3. The van der Waals surface area contributed by atoms with Gasteiger partial charge in [-0.25, -0.2) is 0 Å². The third-order valence-corrected chi connectivity index (χ3v) is 6.28. The molecule has 0 radical (unpaired) electrons. The van der Waals surface area contributed by atoms with E-state index < -0.39 is 0 Å². The smallest absolute Gasteiger partial charge is 0.0701 e. The van der Waals surface area contributed by atoms with Crippen LogP contribution in [0.1, 0.15) is 149 Å². The Bertz CT molecular complexity index is 279. The summed E-state index contributed by atoms with van der Waals surface area (Å²) >= 11 is 0. The van der Waals surface area contributed by atoms with Crippen LogP contribution >= 0.6 is 0 Å². The summed E-state index contributed by atoms with van der Waals surface area (Å²) in [6.07, 6.45) is 29.1. The monoisotopic (exact) mass is 456 g/mol. The van der Waals surface area contributed by atoms with Crippen LogP contribution in [0.15, 0.2) is 0 Å². The summed E-state index contributed by atoms with van der Waals surface area (Å²) in [5.41, 5.74) is 0. The van der Waals surface area contributed by atoms with Gasteiger partial charge in [-0.3, -0.25) is 0 Å². The van der Waals surface area contributed by atoms with Gasteiger partial charge in [-0.2, -0.15) is 0 Å². The molecule has 0 spiro atoms. The van der Waals surface area contributed by atoms with Gasteiger partial charge < -0.3 is 14.2 Å². The van der Waals surface area contributed by atoms with Gasteiger partial charge in [0.2, 0.25) is 0 Å². The molecule has 0 atom stereocenters. The average molecular weight is 457 g/mol. The molecule has 0 unspecified atom stereocenters. The molecule has 0 saturated carbocycles. The van der Waals surface area contributed by atoms with Crippen molar-refractivity contribution in [2.75, 3.05) is 39.6 Å². The number of rotatable bonds is 29. The fraction of sp³-hybridized carbons (Fsp3) is 1.00. The predicted molar refractivity (Wildman–Crippen MR) is 141 cm³/mol. The second-order valence-corrected chi connectivity index (χ2v) is 9.55. The Labute approximate surface area is 202 Å². The maximum absolute atomic E-state index is 5.67. The second-order valence-electron chi connectivity index (χ2n) is 9.55. The number of ether oxygens (including phenoxy) is 3. The van der Waals surface area contributed by atoms with E-state index in [0.29, 0.717) is 19.8 Å². The van der Waals surface area contributed by atoms with Gasteiger partial charge in [0.25, 0.3) is 0 Å². The molecular weight excluding hydrogens is 396 g/mol. The maximum Gasteiger partial charge on any atom is 0.0701 e. The fourth-order valence-electron chi connectivity index (χ4n) is 4.10. The summed E-state index contributed by atoms with van der Waals surface area (Å²) in [7, 11) is 0. The van der Waals surface area contributed by atoms with Crippen molar-refractivity contribution in [1.29, 1.82) is 0 Å². The molecule has 0 bridgehead atoms. The quantitative estimate of drug-likeness (QED) is 0.105. The van der Waals surface area contributed by atoms with Crippen molar-refractivity contribution in [3.63, 3.8) is 0 Å². The maximum atomic E-state index is 5.67. The fourth-order valence-corrected chi connectivity index (χ4v) is 4.10. The second kappa shape index (κ2) is 30.9. The molecule has 0 aliphatic rings. The van der Waals surface area contributed by atoms with Crippen LogP contribution in [0.3, 0.4) is 0 Å². The van der Waals surface area contributed by atoms with Crippen LogP contribution < -0.4 is 0 Å². The molecule has 0 aromatic carbocycles. The summed E-state index contributed by atoms with van der Waals surface area (Å²) < 4.78 is 16.8. The highest BCUT2D eigenvalue weighted by molar-refractivity contribution is 4.50. The van der Waals surface area contributed by atoms with Crippen molar-refractivity contribution >= 4 is 0 Å². The Morgan fingerprint density at radius 1 is 0.250 bits per heavy atom. The van der Waals surface area contributed by atoms with Gasteiger partial charge in [0.15, 0.2) is 0 Å². The Kier molecular flexibility index (Phi) is 30.8. The van der Waals surface area contributed by atoms with Gasteiger partial charge in [0.1, 0.15) is 0 Å². The SMILES string of the molecule is CCCCCCCCCCCCCCCCCCOCCOCCOCCCCCCC. The van der Waals surface area contributed by atoms with E-state index in [9.17, 15) is 0 Å². The molecule has 0 fully saturated rings. The Morgan fingerprint density at radius 2 is 0.469 bits per heavy atom. The molecule has 0 aromatic heterocycles. The van der Waals surface area contributed by atoms with Crippen molar-refractivity contribution < 1.29 is 14.2 Å². The van der Waals surface area contributed by atoms with E-state index in [1.165, 1.54) is 135 Å². The highest BCUT2D eigenvalue weighted by Crippen LogP contribution is 2.13. The van der Waals surface area contributed by atoms with Crippen molar-refractivity contribution in [3.05, 3.63) is 0 Å². The first-order chi connectivity index (χ1) is 15.9. The van der Waals surface area contributed by atoms with Crippen molar-refractivity contribution in [3.8, 4) is 0 Å². The number of unbranched alkanes of at least 4 members (excludes halogenated alkanes) is 19. The minimum Gasteiger partial charge on any atom is -0.379 e. The van der Waals surface area contributed by atoms with E-state index in [0.717, 1.165) is 19.8 Å². The van der Waals surface area contributed by atoms with Crippen molar-refractivity contribution in [1.82, 2.24) is 0 Å². The first-order valence-electron chi connectivity index (χ1n) is 14.6. The average Bonchev–Trinajstić information content (AvgIpc) is 2.81. The molecule has 0 saturated heterocycles.